The van der Waals surface area contributed by atoms with E-state index in [2.05, 4.69) is 53.9 Å². The molecule has 1 heterocycles. The normalized spacial score (nSPS) is 10.2. The van der Waals surface area contributed by atoms with Gasteiger partial charge in [-0.05, 0) is 0 Å². The van der Waals surface area contributed by atoms with Crippen LogP contribution in [-0.4, -0.2) is 9.42 Å². The molecule has 0 saturated carbocycles. The Morgan fingerprint density at radius 3 is 2.60 bits per heavy atom. The van der Waals surface area contributed by atoms with E-state index in [1.165, 1.54) is 5.56 Å². The Kier molecular flexibility index (Phi) is 2.53. The van der Waals surface area contributed by atoms with Crippen molar-refractivity contribution in [2.75, 3.05) is 0 Å². The van der Waals surface area contributed by atoms with Gasteiger partial charge in [-0.1, -0.05) is 0 Å². The van der Waals surface area contributed by atoms with E-state index in [4.69, 9.17) is 0 Å². The molecule has 0 aliphatic rings. The number of hydrogen-bond acceptors (Lipinski definition) is 0. The van der Waals surface area contributed by atoms with Gasteiger partial charge in [-0.3, -0.25) is 0 Å². The topological polar surface area (TPSA) is 4.93 Å². The van der Waals surface area contributed by atoms with Gasteiger partial charge in [-0.25, -0.2) is 0 Å². The minimum atomic E-state index is 0.633. The van der Waals surface area contributed by atoms with Crippen LogP contribution >= 0.6 is 0 Å². The van der Waals surface area contributed by atoms with E-state index in [9.17, 15) is 0 Å². The molecule has 10 heavy (non-hydrogen) atoms. The summed E-state index contributed by atoms with van der Waals surface area (Å²) < 4.78 is 2.05. The summed E-state index contributed by atoms with van der Waals surface area (Å²) in [7, 11) is 0. The zero-order valence-corrected chi connectivity index (χ0v) is 7.68. The number of hydrogen-bond donors (Lipinski definition) is 0. The Hall–Kier alpha value is -0.266. The molecule has 0 radical (unpaired) electrons. The fourth-order valence-corrected chi connectivity index (χ4v) is 1.07. The molecule has 0 spiro atoms. The molecule has 2 heteroatoms. The van der Waals surface area contributed by atoms with Crippen LogP contribution < -0.4 is 0 Å². The van der Waals surface area contributed by atoms with Crippen LogP contribution in [0.3, 0.4) is 0 Å². The molecule has 0 unspecified atom stereocenters. The summed E-state index contributed by atoms with van der Waals surface area (Å²) in [5.41, 5.74) is 1.39. The predicted molar refractivity (Wildman–Crippen MR) is 40.0 cm³/mol. The van der Waals surface area contributed by atoms with Gasteiger partial charge in [0.25, 0.3) is 0 Å². The van der Waals surface area contributed by atoms with Gasteiger partial charge >= 0.3 is 70.2 Å². The van der Waals surface area contributed by atoms with Gasteiger partial charge in [0.15, 0.2) is 0 Å². The summed E-state index contributed by atoms with van der Waals surface area (Å²) >= 11 is 2.44. The van der Waals surface area contributed by atoms with Gasteiger partial charge in [0, 0.05) is 0 Å². The first-order valence-corrected chi connectivity index (χ1v) is 4.19. The Morgan fingerprint density at radius 2 is 2.30 bits per heavy atom. The summed E-state index contributed by atoms with van der Waals surface area (Å²) in [4.78, 5) is 1.98. The van der Waals surface area contributed by atoms with Crippen LogP contribution in [0.25, 0.3) is 0 Å². The fraction of sp³-hybridized carbons (Fsp3) is 0.375. The molecule has 1 aromatic rings. The van der Waals surface area contributed by atoms with Crippen molar-refractivity contribution >= 4 is 4.85 Å². The van der Waals surface area contributed by atoms with Gasteiger partial charge in [0.05, 0.1) is 0 Å². The summed E-state index contributed by atoms with van der Waals surface area (Å²) in [6, 6.07) is 2.15. The maximum absolute atomic E-state index is 2.44. The van der Waals surface area contributed by atoms with Crippen LogP contribution in [0.4, 0.5) is 0 Å². The van der Waals surface area contributed by atoms with Crippen LogP contribution in [0.1, 0.15) is 25.3 Å². The second-order valence-electron chi connectivity index (χ2n) is 2.66. The number of rotatable bonds is 2. The Labute approximate surface area is 70.5 Å². The predicted octanol–water partition coefficient (Wildman–Crippen LogP) is 1.77. The van der Waals surface area contributed by atoms with E-state index in [0.717, 1.165) is 0 Å². The van der Waals surface area contributed by atoms with E-state index in [-0.39, 0.29) is 0 Å². The zero-order valence-electron chi connectivity index (χ0n) is 6.28. The molecular weight excluding hydrogens is 161 g/mol. The van der Waals surface area contributed by atoms with Gasteiger partial charge in [0.2, 0.25) is 0 Å². The van der Waals surface area contributed by atoms with E-state index < -0.39 is 0 Å². The summed E-state index contributed by atoms with van der Waals surface area (Å²) in [5, 5.41) is 0. The Bertz CT molecular complexity index is 225. The second-order valence-corrected chi connectivity index (χ2v) is 3.02. The van der Waals surface area contributed by atoms with E-state index >= 15 is 0 Å². The first kappa shape index (κ1) is 7.84. The molecule has 1 rings (SSSR count). The molecule has 0 atom stereocenters. The van der Waals surface area contributed by atoms with Crippen molar-refractivity contribution in [2.24, 2.45) is 0 Å². The molecule has 1 aromatic heterocycles. The van der Waals surface area contributed by atoms with Crippen molar-refractivity contribution in [2.45, 2.75) is 19.8 Å². The Balaban J connectivity index is 2.88. The SMILES string of the molecule is CC(C)c1ccn([CH]=[V])c1. The zero-order chi connectivity index (χ0) is 7.56. The molecule has 0 aromatic carbocycles. The standard InChI is InChI=1S/C8H11N.V/c1-7(2)8-4-5-9(3)6-8;/h3-7H,1-2H3;. The first-order valence-electron chi connectivity index (χ1n) is 3.39. The third kappa shape index (κ3) is 1.62. The third-order valence-electron chi connectivity index (χ3n) is 1.54. The molecule has 0 aliphatic carbocycles. The van der Waals surface area contributed by atoms with E-state index in [1.54, 1.807) is 0 Å². The summed E-state index contributed by atoms with van der Waals surface area (Å²) in [5.74, 6) is 0.633. The van der Waals surface area contributed by atoms with Crippen molar-refractivity contribution in [3.05, 3.63) is 24.0 Å². The van der Waals surface area contributed by atoms with E-state index in [0.29, 0.717) is 5.92 Å². The van der Waals surface area contributed by atoms with Crippen molar-refractivity contribution in [1.82, 2.24) is 4.57 Å². The number of nitrogens with zero attached hydrogens (tertiary/aromatic N) is 1. The maximum atomic E-state index is 2.44. The molecule has 0 fully saturated rings. The average Bonchev–Trinajstić information content (AvgIpc) is 2.34. The molecule has 1 nitrogen and oxygen atoms in total. The quantitative estimate of drug-likeness (QED) is 0.640. The van der Waals surface area contributed by atoms with Crippen LogP contribution in [0.15, 0.2) is 18.5 Å². The Morgan fingerprint density at radius 1 is 1.60 bits per heavy atom. The summed E-state index contributed by atoms with van der Waals surface area (Å²) in [6.45, 7) is 4.40. The van der Waals surface area contributed by atoms with Gasteiger partial charge < -0.3 is 0 Å². The molecule has 53 valence electrons. The molecule has 0 aliphatic heterocycles. The van der Waals surface area contributed by atoms with Gasteiger partial charge in [-0.15, -0.1) is 0 Å². The minimum absolute atomic E-state index is 0.633. The van der Waals surface area contributed by atoms with Crippen LogP contribution in [-0.2, 0) is 17.0 Å². The van der Waals surface area contributed by atoms with Crippen LogP contribution in [0, 0.1) is 0 Å². The summed E-state index contributed by atoms with van der Waals surface area (Å²) in [6.07, 6.45) is 4.20. The molecule has 0 bridgehead atoms. The first-order chi connectivity index (χ1) is 4.74. The van der Waals surface area contributed by atoms with Crippen molar-refractivity contribution in [1.29, 1.82) is 0 Å². The van der Waals surface area contributed by atoms with Crippen molar-refractivity contribution in [3.63, 3.8) is 0 Å². The van der Waals surface area contributed by atoms with Crippen LogP contribution in [0.5, 0.6) is 0 Å². The van der Waals surface area contributed by atoms with Crippen molar-refractivity contribution < 1.29 is 17.0 Å². The van der Waals surface area contributed by atoms with Gasteiger partial charge in [-0.2, -0.15) is 0 Å². The van der Waals surface area contributed by atoms with Gasteiger partial charge in [0.1, 0.15) is 0 Å². The molecule has 0 N–H and O–H groups in total. The van der Waals surface area contributed by atoms with Crippen LogP contribution in [0.2, 0.25) is 0 Å². The average molecular weight is 172 g/mol. The third-order valence-corrected chi connectivity index (χ3v) is 1.95. The van der Waals surface area contributed by atoms with E-state index in [1.807, 2.05) is 4.85 Å². The fourth-order valence-electron chi connectivity index (χ4n) is 0.844. The monoisotopic (exact) mass is 172 g/mol. The van der Waals surface area contributed by atoms with Crippen molar-refractivity contribution in [3.8, 4) is 0 Å². The molecule has 0 amide bonds. The second kappa shape index (κ2) is 3.22. The molecular formula is C8H11NV. The molecule has 0 saturated heterocycles. The number of aromatic nitrogens is 1.